The van der Waals surface area contributed by atoms with Crippen molar-refractivity contribution in [2.75, 3.05) is 6.61 Å². The Morgan fingerprint density at radius 2 is 1.66 bits per heavy atom. The number of esters is 1. The molecule has 0 aliphatic heterocycles. The Morgan fingerprint density at radius 3 is 2.24 bits per heavy atom. The van der Waals surface area contributed by atoms with Crippen LogP contribution in [0.25, 0.3) is 0 Å². The van der Waals surface area contributed by atoms with Crippen LogP contribution in [-0.4, -0.2) is 12.6 Å². The quantitative estimate of drug-likeness (QED) is 0.495. The Labute approximate surface area is 166 Å². The molecule has 0 bridgehead atoms. The van der Waals surface area contributed by atoms with Crippen LogP contribution in [0.3, 0.4) is 0 Å². The van der Waals surface area contributed by atoms with E-state index in [0.717, 1.165) is 37.7 Å². The summed E-state index contributed by atoms with van der Waals surface area (Å²) in [6, 6.07) is 6.49. The second kappa shape index (κ2) is 8.99. The third-order valence-corrected chi connectivity index (χ3v) is 5.12. The Hall–Kier alpha value is -3.01. The normalized spacial score (nSPS) is 18.7. The smallest absolute Gasteiger partial charge is 0.346 e. The zero-order valence-corrected chi connectivity index (χ0v) is 15.9. The van der Waals surface area contributed by atoms with E-state index >= 15 is 0 Å². The summed E-state index contributed by atoms with van der Waals surface area (Å²) in [7, 11) is 0. The molecule has 3 rings (SSSR count). The van der Waals surface area contributed by atoms with Crippen molar-refractivity contribution in [3.05, 3.63) is 58.9 Å². The number of hydrogen-bond acceptors (Lipinski definition) is 4. The topological polar surface area (TPSA) is 59.3 Å². The molecule has 29 heavy (non-hydrogen) atoms. The summed E-state index contributed by atoms with van der Waals surface area (Å²) in [6.07, 6.45) is 4.46. The van der Waals surface area contributed by atoms with E-state index in [1.807, 2.05) is 0 Å². The van der Waals surface area contributed by atoms with E-state index in [2.05, 4.69) is 6.92 Å². The maximum atomic E-state index is 14.3. The first-order chi connectivity index (χ1) is 13.9. The van der Waals surface area contributed by atoms with Gasteiger partial charge in [-0.2, -0.15) is 5.26 Å². The van der Waals surface area contributed by atoms with E-state index in [1.54, 1.807) is 0 Å². The van der Waals surface area contributed by atoms with Gasteiger partial charge in [-0.1, -0.05) is 19.8 Å². The molecule has 1 aliphatic carbocycles. The molecule has 0 amide bonds. The molecule has 1 fully saturated rings. The van der Waals surface area contributed by atoms with Crippen LogP contribution >= 0.6 is 0 Å². The third kappa shape index (κ3) is 5.08. The molecule has 1 aliphatic rings. The van der Waals surface area contributed by atoms with Crippen LogP contribution in [0.5, 0.6) is 11.5 Å². The highest BCUT2D eigenvalue weighted by atomic mass is 19.1. The Bertz CT molecular complexity index is 924. The fourth-order valence-electron chi connectivity index (χ4n) is 3.34. The highest BCUT2D eigenvalue weighted by Gasteiger charge is 2.20. The van der Waals surface area contributed by atoms with Gasteiger partial charge in [-0.3, -0.25) is 0 Å². The van der Waals surface area contributed by atoms with Crippen LogP contribution in [-0.2, 0) is 0 Å². The molecule has 7 heteroatoms. The molecule has 1 saturated carbocycles. The van der Waals surface area contributed by atoms with Crippen LogP contribution in [0.1, 0.15) is 48.5 Å². The summed E-state index contributed by atoms with van der Waals surface area (Å²) < 4.78 is 52.0. The lowest BCUT2D eigenvalue weighted by Gasteiger charge is -2.26. The molecule has 0 N–H and O–H groups in total. The lowest BCUT2D eigenvalue weighted by atomic mass is 9.83. The molecular formula is C22H20F3NO3. The predicted molar refractivity (Wildman–Crippen MR) is 99.0 cm³/mol. The number of rotatable bonds is 5. The molecule has 0 atom stereocenters. The van der Waals surface area contributed by atoms with Crippen molar-refractivity contribution in [2.45, 2.75) is 32.6 Å². The molecule has 0 spiro atoms. The molecule has 0 heterocycles. The number of ether oxygens (including phenoxy) is 2. The van der Waals surface area contributed by atoms with Gasteiger partial charge in [0.15, 0.2) is 0 Å². The maximum Gasteiger partial charge on any atom is 0.346 e. The number of carbonyl (C=O) groups is 1. The summed E-state index contributed by atoms with van der Waals surface area (Å²) in [5.74, 6) is -3.32. The summed E-state index contributed by atoms with van der Waals surface area (Å²) in [5.41, 5.74) is -1.18. The lowest BCUT2D eigenvalue weighted by molar-refractivity contribution is 0.0729. The summed E-state index contributed by atoms with van der Waals surface area (Å²) in [4.78, 5) is 12.1. The fourth-order valence-corrected chi connectivity index (χ4v) is 3.34. The Morgan fingerprint density at radius 1 is 1.03 bits per heavy atom. The van der Waals surface area contributed by atoms with Gasteiger partial charge in [0.2, 0.25) is 0 Å². The third-order valence-electron chi connectivity index (χ3n) is 5.12. The minimum Gasteiger partial charge on any atom is -0.493 e. The van der Waals surface area contributed by atoms with E-state index in [9.17, 15) is 18.0 Å². The molecule has 0 radical (unpaired) electrons. The van der Waals surface area contributed by atoms with Crippen molar-refractivity contribution in [2.24, 2.45) is 11.8 Å². The van der Waals surface area contributed by atoms with E-state index in [-0.39, 0.29) is 0 Å². The van der Waals surface area contributed by atoms with Gasteiger partial charge >= 0.3 is 5.97 Å². The highest BCUT2D eigenvalue weighted by Crippen LogP contribution is 2.29. The summed E-state index contributed by atoms with van der Waals surface area (Å²) >= 11 is 0. The van der Waals surface area contributed by atoms with E-state index in [0.29, 0.717) is 30.4 Å². The van der Waals surface area contributed by atoms with Gasteiger partial charge < -0.3 is 9.47 Å². The second-order valence-corrected chi connectivity index (χ2v) is 7.34. The van der Waals surface area contributed by atoms with Crippen LogP contribution in [0.2, 0.25) is 0 Å². The standard InChI is InChI=1S/C22H20F3NO3/c1-13-2-4-14(5-3-13)12-28-15-6-7-17(19(23)8-15)22(27)29-16-9-20(24)18(11-26)21(25)10-16/h6-10,13-14H,2-5,12H2,1H3. The van der Waals surface area contributed by atoms with E-state index < -0.39 is 40.3 Å². The number of benzene rings is 2. The number of nitrogens with zero attached hydrogens (tertiary/aromatic N) is 1. The van der Waals surface area contributed by atoms with Gasteiger partial charge in [0.05, 0.1) is 12.2 Å². The molecule has 0 aromatic heterocycles. The van der Waals surface area contributed by atoms with Gasteiger partial charge in [-0.15, -0.1) is 0 Å². The largest absolute Gasteiger partial charge is 0.493 e. The minimum atomic E-state index is -1.17. The number of halogens is 3. The number of carbonyl (C=O) groups excluding carboxylic acids is 1. The van der Waals surface area contributed by atoms with Crippen molar-refractivity contribution in [3.8, 4) is 17.6 Å². The molecule has 2 aromatic carbocycles. The first kappa shape index (κ1) is 20.7. The van der Waals surface area contributed by atoms with Crippen LogP contribution in [0.4, 0.5) is 13.2 Å². The summed E-state index contributed by atoms with van der Waals surface area (Å²) in [6.45, 7) is 2.71. The zero-order valence-electron chi connectivity index (χ0n) is 15.9. The molecular weight excluding hydrogens is 383 g/mol. The molecule has 0 unspecified atom stereocenters. The number of nitriles is 1. The predicted octanol–water partition coefficient (Wildman–Crippen LogP) is 5.40. The Kier molecular flexibility index (Phi) is 6.42. The van der Waals surface area contributed by atoms with Gasteiger partial charge in [0.25, 0.3) is 0 Å². The minimum absolute atomic E-state index is 0.299. The second-order valence-electron chi connectivity index (χ2n) is 7.34. The monoisotopic (exact) mass is 403 g/mol. The molecule has 2 aromatic rings. The SMILES string of the molecule is CC1CCC(COc2ccc(C(=O)Oc3cc(F)c(C#N)c(F)c3)c(F)c2)CC1. The Balaban J connectivity index is 1.64. The van der Waals surface area contributed by atoms with E-state index in [4.69, 9.17) is 14.7 Å². The number of hydrogen-bond donors (Lipinski definition) is 0. The highest BCUT2D eigenvalue weighted by molar-refractivity contribution is 5.91. The van der Waals surface area contributed by atoms with Crippen molar-refractivity contribution < 1.29 is 27.4 Å². The summed E-state index contributed by atoms with van der Waals surface area (Å²) in [5, 5.41) is 8.65. The van der Waals surface area contributed by atoms with Gasteiger partial charge in [0.1, 0.15) is 40.6 Å². The van der Waals surface area contributed by atoms with Gasteiger partial charge in [0, 0.05) is 18.2 Å². The van der Waals surface area contributed by atoms with Crippen LogP contribution < -0.4 is 9.47 Å². The first-order valence-corrected chi connectivity index (χ1v) is 9.41. The zero-order chi connectivity index (χ0) is 21.0. The van der Waals surface area contributed by atoms with Crippen LogP contribution in [0.15, 0.2) is 30.3 Å². The van der Waals surface area contributed by atoms with Crippen molar-refractivity contribution in [1.82, 2.24) is 0 Å². The van der Waals surface area contributed by atoms with Crippen LogP contribution in [0, 0.1) is 40.6 Å². The molecule has 4 nitrogen and oxygen atoms in total. The van der Waals surface area contributed by atoms with Gasteiger partial charge in [-0.25, -0.2) is 18.0 Å². The maximum absolute atomic E-state index is 14.3. The fraction of sp³-hybridized carbons (Fsp3) is 0.364. The average Bonchev–Trinajstić information content (AvgIpc) is 2.67. The molecule has 0 saturated heterocycles. The van der Waals surface area contributed by atoms with Crippen molar-refractivity contribution in [1.29, 1.82) is 5.26 Å². The van der Waals surface area contributed by atoms with Gasteiger partial charge in [-0.05, 0) is 36.8 Å². The average molecular weight is 403 g/mol. The molecule has 152 valence electrons. The van der Waals surface area contributed by atoms with Crippen molar-refractivity contribution in [3.63, 3.8) is 0 Å². The first-order valence-electron chi connectivity index (χ1n) is 9.41. The van der Waals surface area contributed by atoms with Crippen molar-refractivity contribution >= 4 is 5.97 Å². The van der Waals surface area contributed by atoms with E-state index in [1.165, 1.54) is 18.2 Å². The lowest BCUT2D eigenvalue weighted by Crippen LogP contribution is -2.19.